The Hall–Kier alpha value is -1.06. The van der Waals surface area contributed by atoms with Gasteiger partial charge in [0.25, 0.3) is 0 Å². The fourth-order valence-electron chi connectivity index (χ4n) is 1.35. The lowest BCUT2D eigenvalue weighted by Gasteiger charge is -2.13. The molecular formula is C11H19N3. The second-order valence-electron chi connectivity index (χ2n) is 3.83. The van der Waals surface area contributed by atoms with Crippen LogP contribution < -0.4 is 17.2 Å². The highest BCUT2D eigenvalue weighted by atomic mass is 14.6. The number of hydrogen-bond acceptors (Lipinski definition) is 3. The average Bonchev–Trinajstić information content (AvgIpc) is 2.15. The van der Waals surface area contributed by atoms with Crippen molar-refractivity contribution < 1.29 is 0 Å². The quantitative estimate of drug-likeness (QED) is 0.632. The van der Waals surface area contributed by atoms with Gasteiger partial charge in [0, 0.05) is 17.8 Å². The van der Waals surface area contributed by atoms with Gasteiger partial charge in [0.15, 0.2) is 0 Å². The maximum Gasteiger partial charge on any atom is 0.0314 e. The van der Waals surface area contributed by atoms with Gasteiger partial charge in [-0.1, -0.05) is 12.1 Å². The van der Waals surface area contributed by atoms with E-state index >= 15 is 0 Å². The third kappa shape index (κ3) is 3.36. The van der Waals surface area contributed by atoms with Crippen molar-refractivity contribution in [2.75, 3.05) is 5.73 Å². The molecule has 0 aliphatic heterocycles. The smallest absolute Gasteiger partial charge is 0.0314 e. The predicted molar refractivity (Wildman–Crippen MR) is 60.7 cm³/mol. The Bertz CT molecular complexity index is 266. The summed E-state index contributed by atoms with van der Waals surface area (Å²) in [6, 6.07) is 7.99. The lowest BCUT2D eigenvalue weighted by atomic mass is 10.0. The summed E-state index contributed by atoms with van der Waals surface area (Å²) < 4.78 is 0. The molecule has 0 saturated carbocycles. The first-order valence-corrected chi connectivity index (χ1v) is 4.96. The van der Waals surface area contributed by atoms with Crippen LogP contribution in [-0.2, 0) is 0 Å². The molecule has 1 aromatic rings. The molecule has 0 aliphatic rings. The molecule has 1 rings (SSSR count). The minimum Gasteiger partial charge on any atom is -0.399 e. The highest BCUT2D eigenvalue weighted by molar-refractivity contribution is 5.40. The molecule has 0 radical (unpaired) electrons. The van der Waals surface area contributed by atoms with E-state index in [4.69, 9.17) is 17.2 Å². The van der Waals surface area contributed by atoms with E-state index in [0.717, 1.165) is 24.1 Å². The molecule has 14 heavy (non-hydrogen) atoms. The molecule has 0 aliphatic carbocycles. The monoisotopic (exact) mass is 193 g/mol. The van der Waals surface area contributed by atoms with E-state index in [-0.39, 0.29) is 12.1 Å². The summed E-state index contributed by atoms with van der Waals surface area (Å²) in [7, 11) is 0. The van der Waals surface area contributed by atoms with E-state index in [9.17, 15) is 0 Å². The van der Waals surface area contributed by atoms with Gasteiger partial charge >= 0.3 is 0 Å². The van der Waals surface area contributed by atoms with E-state index < -0.39 is 0 Å². The molecule has 1 aromatic carbocycles. The summed E-state index contributed by atoms with van der Waals surface area (Å²) >= 11 is 0. The van der Waals surface area contributed by atoms with Crippen molar-refractivity contribution in [2.24, 2.45) is 11.5 Å². The van der Waals surface area contributed by atoms with Crippen molar-refractivity contribution in [3.63, 3.8) is 0 Å². The first-order valence-electron chi connectivity index (χ1n) is 4.96. The third-order valence-electron chi connectivity index (χ3n) is 2.30. The number of nitrogen functional groups attached to an aromatic ring is 1. The average molecular weight is 193 g/mol. The summed E-state index contributed by atoms with van der Waals surface area (Å²) in [4.78, 5) is 0. The van der Waals surface area contributed by atoms with Gasteiger partial charge in [0.1, 0.15) is 0 Å². The van der Waals surface area contributed by atoms with Crippen LogP contribution in [0.4, 0.5) is 5.69 Å². The maximum absolute atomic E-state index is 6.00. The number of nitrogens with two attached hydrogens (primary N) is 3. The fourth-order valence-corrected chi connectivity index (χ4v) is 1.35. The Labute approximate surface area is 85.3 Å². The van der Waals surface area contributed by atoms with Crippen LogP contribution in [0, 0.1) is 0 Å². The second-order valence-corrected chi connectivity index (χ2v) is 3.83. The topological polar surface area (TPSA) is 78.1 Å². The Morgan fingerprint density at radius 3 is 2.14 bits per heavy atom. The minimum atomic E-state index is 0.0709. The number of rotatable bonds is 4. The van der Waals surface area contributed by atoms with Crippen LogP contribution in [0.25, 0.3) is 0 Å². The summed E-state index contributed by atoms with van der Waals surface area (Å²) in [5.41, 5.74) is 19.1. The molecule has 0 aromatic heterocycles. The molecular weight excluding hydrogens is 174 g/mol. The SMILES string of the molecule is CC(N)CCC(N)c1ccc(N)cc1. The van der Waals surface area contributed by atoms with Crippen LogP contribution in [-0.4, -0.2) is 6.04 Å². The van der Waals surface area contributed by atoms with Gasteiger partial charge in [0.2, 0.25) is 0 Å². The lowest BCUT2D eigenvalue weighted by molar-refractivity contribution is 0.555. The third-order valence-corrected chi connectivity index (χ3v) is 2.30. The molecule has 0 amide bonds. The summed E-state index contributed by atoms with van der Waals surface area (Å²) in [5.74, 6) is 0. The molecule has 2 atom stereocenters. The van der Waals surface area contributed by atoms with Gasteiger partial charge in [-0.15, -0.1) is 0 Å². The lowest BCUT2D eigenvalue weighted by Crippen LogP contribution is -2.18. The molecule has 0 fully saturated rings. The van der Waals surface area contributed by atoms with Crippen LogP contribution in [0.15, 0.2) is 24.3 Å². The van der Waals surface area contributed by atoms with Crippen molar-refractivity contribution in [1.82, 2.24) is 0 Å². The zero-order valence-electron chi connectivity index (χ0n) is 8.61. The van der Waals surface area contributed by atoms with Crippen molar-refractivity contribution in [3.8, 4) is 0 Å². The largest absolute Gasteiger partial charge is 0.399 e. The van der Waals surface area contributed by atoms with Gasteiger partial charge in [-0.05, 0) is 37.5 Å². The van der Waals surface area contributed by atoms with Crippen LogP contribution in [0.5, 0.6) is 0 Å². The highest BCUT2D eigenvalue weighted by Gasteiger charge is 2.06. The molecule has 0 bridgehead atoms. The van der Waals surface area contributed by atoms with Crippen LogP contribution in [0.3, 0.4) is 0 Å². The van der Waals surface area contributed by atoms with E-state index in [1.165, 1.54) is 0 Å². The Morgan fingerprint density at radius 2 is 1.64 bits per heavy atom. The number of anilines is 1. The standard InChI is InChI=1S/C11H19N3/c1-8(12)2-7-11(14)9-3-5-10(13)6-4-9/h3-6,8,11H,2,7,12-14H2,1H3. The van der Waals surface area contributed by atoms with E-state index in [1.54, 1.807) is 0 Å². The fraction of sp³-hybridized carbons (Fsp3) is 0.455. The van der Waals surface area contributed by atoms with Crippen molar-refractivity contribution in [2.45, 2.75) is 31.8 Å². The Balaban J connectivity index is 2.52. The molecule has 0 saturated heterocycles. The number of benzene rings is 1. The first kappa shape index (κ1) is 11.0. The van der Waals surface area contributed by atoms with Gasteiger partial charge in [-0.2, -0.15) is 0 Å². The molecule has 78 valence electrons. The summed E-state index contributed by atoms with van der Waals surface area (Å²) in [6.45, 7) is 2.00. The Morgan fingerprint density at radius 1 is 1.07 bits per heavy atom. The van der Waals surface area contributed by atoms with E-state index in [2.05, 4.69) is 0 Å². The molecule has 3 heteroatoms. The van der Waals surface area contributed by atoms with E-state index in [0.29, 0.717) is 0 Å². The van der Waals surface area contributed by atoms with Gasteiger partial charge in [0.05, 0.1) is 0 Å². The molecule has 2 unspecified atom stereocenters. The van der Waals surface area contributed by atoms with Crippen molar-refractivity contribution in [1.29, 1.82) is 0 Å². The zero-order chi connectivity index (χ0) is 10.6. The molecule has 0 spiro atoms. The molecule has 6 N–H and O–H groups in total. The predicted octanol–water partition coefficient (Wildman–Crippen LogP) is 1.40. The second kappa shape index (κ2) is 4.98. The normalized spacial score (nSPS) is 15.1. The number of hydrogen-bond donors (Lipinski definition) is 3. The zero-order valence-corrected chi connectivity index (χ0v) is 8.61. The van der Waals surface area contributed by atoms with Crippen LogP contribution in [0.1, 0.15) is 31.4 Å². The molecule has 0 heterocycles. The van der Waals surface area contributed by atoms with E-state index in [1.807, 2.05) is 31.2 Å². The van der Waals surface area contributed by atoms with Crippen LogP contribution >= 0.6 is 0 Å². The van der Waals surface area contributed by atoms with Gasteiger partial charge in [-0.3, -0.25) is 0 Å². The highest BCUT2D eigenvalue weighted by Crippen LogP contribution is 2.17. The molecule has 3 nitrogen and oxygen atoms in total. The summed E-state index contributed by atoms with van der Waals surface area (Å²) in [5, 5.41) is 0. The first-order chi connectivity index (χ1) is 6.59. The maximum atomic E-state index is 6.00. The van der Waals surface area contributed by atoms with Crippen molar-refractivity contribution >= 4 is 5.69 Å². The van der Waals surface area contributed by atoms with Crippen molar-refractivity contribution in [3.05, 3.63) is 29.8 Å². The minimum absolute atomic E-state index is 0.0709. The van der Waals surface area contributed by atoms with Gasteiger partial charge < -0.3 is 17.2 Å². The van der Waals surface area contributed by atoms with Crippen LogP contribution in [0.2, 0.25) is 0 Å². The van der Waals surface area contributed by atoms with Gasteiger partial charge in [-0.25, -0.2) is 0 Å². The Kier molecular flexibility index (Phi) is 3.92. The summed E-state index contributed by atoms with van der Waals surface area (Å²) in [6.07, 6.45) is 1.87.